The second-order valence-electron chi connectivity index (χ2n) is 8.45. The minimum absolute atomic E-state index is 0.136. The summed E-state index contributed by atoms with van der Waals surface area (Å²) in [4.78, 5) is 37.6. The summed E-state index contributed by atoms with van der Waals surface area (Å²) in [6.45, 7) is 9.58. The molecule has 5 N–H and O–H groups in total. The van der Waals surface area contributed by atoms with Gasteiger partial charge in [0.25, 0.3) is 0 Å². The van der Waals surface area contributed by atoms with Gasteiger partial charge in [-0.05, 0) is 32.6 Å². The Morgan fingerprint density at radius 1 is 1.16 bits per heavy atom. The highest BCUT2D eigenvalue weighted by Gasteiger charge is 2.32. The zero-order valence-corrected chi connectivity index (χ0v) is 20.3. The SMILES string of the molecule is C/C=C/[C@@H](OC)[C@@H](C)C(=O)N[C@H](C(=O)N[C@@H](C)C(=N)N1CCC[C@@H](C(=O)NC)N1)C(C)C. The number of hydrazine groups is 1. The third-order valence-corrected chi connectivity index (χ3v) is 5.62. The van der Waals surface area contributed by atoms with Gasteiger partial charge < -0.3 is 20.7 Å². The molecule has 1 heterocycles. The largest absolute Gasteiger partial charge is 0.377 e. The maximum atomic E-state index is 13.0. The molecule has 0 aromatic heterocycles. The van der Waals surface area contributed by atoms with Crippen molar-refractivity contribution in [3.8, 4) is 0 Å². The maximum Gasteiger partial charge on any atom is 0.243 e. The number of amides is 3. The fourth-order valence-electron chi connectivity index (χ4n) is 3.54. The average molecular weight is 453 g/mol. The molecule has 3 amide bonds. The Morgan fingerprint density at radius 3 is 2.34 bits per heavy atom. The molecule has 0 saturated carbocycles. The lowest BCUT2D eigenvalue weighted by molar-refractivity contribution is -0.133. The molecule has 1 saturated heterocycles. The van der Waals surface area contributed by atoms with Crippen LogP contribution in [0.1, 0.15) is 47.5 Å². The zero-order chi connectivity index (χ0) is 24.4. The molecule has 0 aromatic rings. The third-order valence-electron chi connectivity index (χ3n) is 5.62. The van der Waals surface area contributed by atoms with Crippen LogP contribution in [0.2, 0.25) is 0 Å². The van der Waals surface area contributed by atoms with Crippen LogP contribution in [0.15, 0.2) is 12.2 Å². The Bertz CT molecular complexity index is 696. The van der Waals surface area contributed by atoms with Crippen LogP contribution in [-0.4, -0.2) is 73.5 Å². The van der Waals surface area contributed by atoms with E-state index in [1.54, 1.807) is 32.0 Å². The Kier molecular flexibility index (Phi) is 11.3. The average Bonchev–Trinajstić information content (AvgIpc) is 2.78. The number of hydrogen-bond acceptors (Lipinski definition) is 6. The van der Waals surface area contributed by atoms with Gasteiger partial charge in [-0.3, -0.25) is 24.8 Å². The summed E-state index contributed by atoms with van der Waals surface area (Å²) in [5.41, 5.74) is 3.04. The normalized spacial score (nSPS) is 20.4. The predicted octanol–water partition coefficient (Wildman–Crippen LogP) is 0.551. The standard InChI is InChI=1S/C22H40N6O4/c1-8-10-17(32-7)14(4)20(29)26-18(13(2)3)22(31)25-15(5)19(23)28-12-9-11-16(27-28)21(30)24-6/h8,10,13-18,23,27H,9,11-12H2,1-7H3,(H,24,30)(H,25,31)(H,26,29)/b10-8+,23-19?/t14-,15+,16+,17-,18+/m1/s1. The molecule has 1 fully saturated rings. The van der Waals surface area contributed by atoms with Gasteiger partial charge in [0.05, 0.1) is 18.1 Å². The Morgan fingerprint density at radius 2 is 1.81 bits per heavy atom. The first-order valence-electron chi connectivity index (χ1n) is 11.2. The van der Waals surface area contributed by atoms with Crippen LogP contribution < -0.4 is 21.4 Å². The van der Waals surface area contributed by atoms with Gasteiger partial charge in [0.15, 0.2) is 0 Å². The number of carbonyl (C=O) groups is 3. The summed E-state index contributed by atoms with van der Waals surface area (Å²) in [7, 11) is 3.11. The van der Waals surface area contributed by atoms with Gasteiger partial charge >= 0.3 is 0 Å². The number of hydrogen-bond donors (Lipinski definition) is 5. The molecule has 10 nitrogen and oxygen atoms in total. The first-order chi connectivity index (χ1) is 15.1. The molecular weight excluding hydrogens is 412 g/mol. The monoisotopic (exact) mass is 452 g/mol. The number of methoxy groups -OCH3 is 1. The van der Waals surface area contributed by atoms with E-state index >= 15 is 0 Å². The van der Waals surface area contributed by atoms with E-state index < -0.39 is 24.0 Å². The third kappa shape index (κ3) is 7.59. The van der Waals surface area contributed by atoms with Crippen molar-refractivity contribution in [3.63, 3.8) is 0 Å². The number of ether oxygens (including phenoxy) is 1. The van der Waals surface area contributed by atoms with E-state index in [1.807, 2.05) is 26.8 Å². The van der Waals surface area contributed by atoms with E-state index in [0.717, 1.165) is 6.42 Å². The summed E-state index contributed by atoms with van der Waals surface area (Å²) < 4.78 is 5.36. The van der Waals surface area contributed by atoms with Crippen molar-refractivity contribution < 1.29 is 19.1 Å². The molecular formula is C22H40N6O4. The number of allylic oxidation sites excluding steroid dienone is 1. The number of carbonyl (C=O) groups excluding carboxylic acids is 3. The predicted molar refractivity (Wildman–Crippen MR) is 124 cm³/mol. The molecule has 0 aliphatic carbocycles. The van der Waals surface area contributed by atoms with Crippen LogP contribution in [0, 0.1) is 17.2 Å². The summed E-state index contributed by atoms with van der Waals surface area (Å²) in [6.07, 6.45) is 4.67. The Balaban J connectivity index is 2.77. The van der Waals surface area contributed by atoms with Crippen molar-refractivity contribution in [2.24, 2.45) is 11.8 Å². The quantitative estimate of drug-likeness (QED) is 0.187. The van der Waals surface area contributed by atoms with Crippen molar-refractivity contribution in [2.45, 2.75) is 71.7 Å². The Labute approximate surface area is 191 Å². The highest BCUT2D eigenvalue weighted by atomic mass is 16.5. The van der Waals surface area contributed by atoms with E-state index in [2.05, 4.69) is 21.4 Å². The number of nitrogens with one attached hydrogen (secondary N) is 5. The molecule has 32 heavy (non-hydrogen) atoms. The molecule has 0 bridgehead atoms. The molecule has 1 aliphatic rings. The summed E-state index contributed by atoms with van der Waals surface area (Å²) >= 11 is 0. The number of likely N-dealkylation sites (N-methyl/N-ethyl adjacent to an activating group) is 1. The van der Waals surface area contributed by atoms with E-state index in [9.17, 15) is 14.4 Å². The van der Waals surface area contributed by atoms with Crippen LogP contribution in [-0.2, 0) is 19.1 Å². The number of nitrogens with zero attached hydrogens (tertiary/aromatic N) is 1. The van der Waals surface area contributed by atoms with Crippen LogP contribution in [0.5, 0.6) is 0 Å². The Hall–Kier alpha value is -2.46. The lowest BCUT2D eigenvalue weighted by Crippen LogP contribution is -2.61. The number of rotatable bonds is 10. The summed E-state index contributed by atoms with van der Waals surface area (Å²) in [6, 6.07) is -1.77. The minimum Gasteiger partial charge on any atom is -0.377 e. The molecule has 10 heteroatoms. The van der Waals surface area contributed by atoms with Crippen LogP contribution >= 0.6 is 0 Å². The van der Waals surface area contributed by atoms with E-state index in [1.165, 1.54) is 7.11 Å². The van der Waals surface area contributed by atoms with Gasteiger partial charge in [0.1, 0.15) is 17.9 Å². The van der Waals surface area contributed by atoms with Gasteiger partial charge in [-0.1, -0.05) is 32.9 Å². The number of amidine groups is 1. The maximum absolute atomic E-state index is 13.0. The zero-order valence-electron chi connectivity index (χ0n) is 20.3. The molecule has 0 radical (unpaired) electrons. The lowest BCUT2D eigenvalue weighted by Gasteiger charge is -2.36. The molecule has 1 aliphatic heterocycles. The van der Waals surface area contributed by atoms with Crippen LogP contribution in [0.3, 0.4) is 0 Å². The molecule has 5 atom stereocenters. The smallest absolute Gasteiger partial charge is 0.243 e. The van der Waals surface area contributed by atoms with Crippen molar-refractivity contribution in [1.29, 1.82) is 5.41 Å². The summed E-state index contributed by atoms with van der Waals surface area (Å²) in [5, 5.41) is 18.3. The molecule has 1 rings (SSSR count). The van der Waals surface area contributed by atoms with Gasteiger partial charge in [-0.15, -0.1) is 0 Å². The lowest BCUT2D eigenvalue weighted by atomic mass is 9.99. The van der Waals surface area contributed by atoms with Gasteiger partial charge in [-0.2, -0.15) is 0 Å². The van der Waals surface area contributed by atoms with E-state index in [4.69, 9.17) is 10.1 Å². The first kappa shape index (κ1) is 27.6. The topological polar surface area (TPSA) is 136 Å². The highest BCUT2D eigenvalue weighted by Crippen LogP contribution is 2.12. The second-order valence-corrected chi connectivity index (χ2v) is 8.45. The molecule has 0 aromatic carbocycles. The van der Waals surface area contributed by atoms with E-state index in [-0.39, 0.29) is 35.6 Å². The van der Waals surface area contributed by atoms with Crippen molar-refractivity contribution >= 4 is 23.6 Å². The van der Waals surface area contributed by atoms with Gasteiger partial charge in [0, 0.05) is 20.7 Å². The van der Waals surface area contributed by atoms with Crippen molar-refractivity contribution in [1.82, 2.24) is 26.4 Å². The molecule has 0 spiro atoms. The van der Waals surface area contributed by atoms with E-state index in [0.29, 0.717) is 13.0 Å². The first-order valence-corrected chi connectivity index (χ1v) is 11.2. The highest BCUT2D eigenvalue weighted by molar-refractivity contribution is 5.93. The minimum atomic E-state index is -0.753. The summed E-state index contributed by atoms with van der Waals surface area (Å²) in [5.74, 6) is -1.25. The second kappa shape index (κ2) is 13.2. The molecule has 0 unspecified atom stereocenters. The van der Waals surface area contributed by atoms with Gasteiger partial charge in [0.2, 0.25) is 17.7 Å². The van der Waals surface area contributed by atoms with Crippen LogP contribution in [0.25, 0.3) is 0 Å². The fraction of sp³-hybridized carbons (Fsp3) is 0.727. The molecule has 182 valence electrons. The van der Waals surface area contributed by atoms with Crippen molar-refractivity contribution in [3.05, 3.63) is 12.2 Å². The fourth-order valence-corrected chi connectivity index (χ4v) is 3.54. The van der Waals surface area contributed by atoms with Crippen molar-refractivity contribution in [2.75, 3.05) is 20.7 Å². The van der Waals surface area contributed by atoms with Gasteiger partial charge in [-0.25, -0.2) is 5.43 Å². The van der Waals surface area contributed by atoms with Crippen LogP contribution in [0.4, 0.5) is 0 Å².